The number of rotatable bonds is 27. The Bertz CT molecular complexity index is 4740. The van der Waals surface area contributed by atoms with Crippen LogP contribution in [0.3, 0.4) is 0 Å². The lowest BCUT2D eigenvalue weighted by Crippen LogP contribution is -2.47. The molecule has 0 saturated heterocycles. The predicted octanol–water partition coefficient (Wildman–Crippen LogP) is 4.15. The fraction of sp³-hybridized carbons (Fsp3) is 0.610. The minimum atomic E-state index is -6.73. The van der Waals surface area contributed by atoms with Gasteiger partial charge in [0.15, 0.2) is 27.1 Å². The zero-order valence-corrected chi connectivity index (χ0v) is 64.0. The first-order chi connectivity index (χ1) is 46.6. The van der Waals surface area contributed by atoms with Gasteiger partial charge in [0.1, 0.15) is 12.0 Å². The lowest BCUT2D eigenvalue weighted by molar-refractivity contribution is -0.313. The molecule has 3 saturated carbocycles. The van der Waals surface area contributed by atoms with Gasteiger partial charge in [-0.15, -0.1) is 53.2 Å². The molecule has 5 rings (SSSR count). The largest absolute Gasteiger partial charge is 0.468 e. The first-order valence-electron chi connectivity index (χ1n) is 25.7. The average molecular weight is 1860 g/mol. The Morgan fingerprint density at radius 1 is 0.509 bits per heavy atom. The van der Waals surface area contributed by atoms with Gasteiger partial charge in [0, 0.05) is 6.26 Å². The average Bonchev–Trinajstić information content (AvgIpc) is 0.939. The number of ether oxygens (including phenoxy) is 4. The maximum Gasteiger partial charge on any atom is 0.464 e. The molecule has 0 bridgehead atoms. The summed E-state index contributed by atoms with van der Waals surface area (Å²) in [5, 5.41) is -0.476. The Morgan fingerprint density at radius 2 is 0.840 bits per heavy atom. The fourth-order valence-electron chi connectivity index (χ4n) is 4.84. The van der Waals surface area contributed by atoms with Crippen molar-refractivity contribution < 1.29 is 210 Å². The minimum Gasteiger partial charge on any atom is -0.468 e. The van der Waals surface area contributed by atoms with Gasteiger partial charge in [-0.3, -0.25) is 4.79 Å². The topological polar surface area (TPSA) is 556 Å². The Labute approximate surface area is 599 Å². The van der Waals surface area contributed by atoms with E-state index in [0.29, 0.717) is 62.4 Å². The molecule has 3 aliphatic carbocycles. The molecule has 0 N–H and O–H groups in total. The lowest BCUT2D eigenvalue weighted by Gasteiger charge is -2.21. The zero-order valence-electron chi connectivity index (χ0n) is 52.6. The number of sulfone groups is 1. The van der Waals surface area contributed by atoms with E-state index < -0.39 is 240 Å². The second-order valence-electron chi connectivity index (χ2n) is 19.1. The highest BCUT2D eigenvalue weighted by Crippen LogP contribution is 2.46. The second kappa shape index (κ2) is 44.2. The summed E-state index contributed by atoms with van der Waals surface area (Å²) in [7, 11) is -64.7. The van der Waals surface area contributed by atoms with E-state index in [4.69, 9.17) is 5.26 Å². The van der Waals surface area contributed by atoms with Crippen molar-refractivity contribution in [2.24, 2.45) is 5.41 Å². The molecule has 34 nitrogen and oxygen atoms in total. The molecule has 0 heterocycles. The van der Waals surface area contributed by atoms with E-state index in [-0.39, 0.29) is 23.0 Å². The van der Waals surface area contributed by atoms with E-state index in [9.17, 15) is 191 Å². The number of benzene rings is 2. The van der Waals surface area contributed by atoms with Crippen LogP contribution in [0.2, 0.25) is 0 Å². The van der Waals surface area contributed by atoms with Crippen molar-refractivity contribution in [1.82, 2.24) is 0 Å². The number of nitrogens with zero attached hydrogens (tertiary/aromatic N) is 1. The van der Waals surface area contributed by atoms with Crippen molar-refractivity contribution in [2.75, 3.05) is 67.4 Å². The fourth-order valence-corrected chi connectivity index (χ4v) is 14.1. The van der Waals surface area contributed by atoms with Crippen LogP contribution in [0.25, 0.3) is 0 Å². The van der Waals surface area contributed by atoms with Gasteiger partial charge in [0.05, 0.1) is 73.7 Å². The van der Waals surface area contributed by atoms with Crippen LogP contribution in [0.4, 0.5) is 68.1 Å². The molecule has 0 amide bonds. The molecule has 106 heavy (non-hydrogen) atoms. The Hall–Kier alpha value is -4.87. The van der Waals surface area contributed by atoms with E-state index in [1.165, 1.54) is 31.4 Å². The summed E-state index contributed by atoms with van der Waals surface area (Å²) in [6.07, 6.45) is -1.81. The number of nitriles is 1. The molecule has 2 aromatic rings. The van der Waals surface area contributed by atoms with Crippen molar-refractivity contribution in [2.45, 2.75) is 93.7 Å². The first kappa shape index (κ1) is 110. The first-order valence-corrected chi connectivity index (χ1v) is 47.0. The third-order valence-electron chi connectivity index (χ3n) is 9.90. The van der Waals surface area contributed by atoms with E-state index in [1.807, 2.05) is 6.07 Å². The van der Waals surface area contributed by atoms with E-state index >= 15 is 0 Å². The Balaban J connectivity index is -0.000000359. The summed E-state index contributed by atoms with van der Waals surface area (Å²) in [6, 6.07) is 11.6. The van der Waals surface area contributed by atoms with Crippen LogP contribution in [0.15, 0.2) is 81.9 Å². The quantitative estimate of drug-likeness (QED) is 0.0303. The molecule has 3 aliphatic rings. The van der Waals surface area contributed by atoms with Gasteiger partial charge in [-0.2, -0.15) is 132 Å². The Kier molecular flexibility index (Phi) is 45.8. The number of halogens is 17. The maximum atomic E-state index is 12.3. The van der Waals surface area contributed by atoms with Crippen LogP contribution in [0.1, 0.15) is 51.9 Å². The highest BCUT2D eigenvalue weighted by molar-refractivity contribution is 7.95. The molecule has 65 heteroatoms. The lowest BCUT2D eigenvalue weighted by atomic mass is 10.1. The van der Waals surface area contributed by atoms with Crippen molar-refractivity contribution in [1.29, 1.82) is 5.26 Å². The van der Waals surface area contributed by atoms with E-state index in [0.717, 1.165) is 6.26 Å². The van der Waals surface area contributed by atoms with Gasteiger partial charge >= 0.3 is 150 Å². The molecule has 0 aliphatic heterocycles. The molecule has 626 valence electrons. The zero-order chi connectivity index (χ0) is 85.5. The smallest absolute Gasteiger partial charge is 0.464 e. The highest BCUT2D eigenvalue weighted by Gasteiger charge is 2.68. The van der Waals surface area contributed by atoms with Gasteiger partial charge < -0.3 is 18.9 Å². The van der Waals surface area contributed by atoms with Crippen LogP contribution in [-0.4, -0.2) is 218 Å². The summed E-state index contributed by atoms with van der Waals surface area (Å²) in [6.45, 7) is 2.60. The summed E-state index contributed by atoms with van der Waals surface area (Å²) < 4.78 is 494. The van der Waals surface area contributed by atoms with Crippen LogP contribution >= 0.6 is 0 Å². The Morgan fingerprint density at radius 3 is 1.00 bits per heavy atom. The number of esters is 1. The van der Waals surface area contributed by atoms with Gasteiger partial charge in [-0.05, 0) is 81.3 Å². The molecule has 2 atom stereocenters. The van der Waals surface area contributed by atoms with Gasteiger partial charge in [-0.25, -0.2) is 8.42 Å². The number of carbonyl (C=O) groups excluding carboxylic acids is 1. The number of methoxy groups -OCH3 is 1. The third-order valence-corrected chi connectivity index (χ3v) is 22.5. The summed E-state index contributed by atoms with van der Waals surface area (Å²) in [4.78, 5) is 8.95. The highest BCUT2D eigenvalue weighted by atomic mass is 32.3. The molecular weight excluding hydrogens is 1810 g/mol. The van der Waals surface area contributed by atoms with Crippen molar-refractivity contribution in [3.8, 4) is 6.07 Å². The van der Waals surface area contributed by atoms with E-state index in [2.05, 4.69) is 25.5 Å². The van der Waals surface area contributed by atoms with Crippen LogP contribution in [-0.2, 0) is 166 Å². The SMILES string of the molecule is C=CCOC(F)(F)C(F)(F)S(=O)(=O)F.CCCS(=O)(=O)F.COC(=O)C1(C#N)CC1.CS(=O)(=O)C1CC1S(=O)(=O)F.O=S(=O)(F)C1CC1.O=S(=O)(F)CCCS(=O)(=O)F.O=S(=O)(F)CCS(=O)(=O)F.O=S(=O)(F)COCOCS(=O)(=O)F.O=S(=O)(F)c1ccc(S(=O)(=O)F)cc1.O=S(=O)(F)c1ccccc1. The van der Waals surface area contributed by atoms with Crippen molar-refractivity contribution in [3.63, 3.8) is 0 Å². The van der Waals surface area contributed by atoms with Crippen LogP contribution in [0.5, 0.6) is 0 Å². The van der Waals surface area contributed by atoms with Gasteiger partial charge in [0.25, 0.3) is 0 Å². The minimum absolute atomic E-state index is 0.0995. The third kappa shape index (κ3) is 60.0. The summed E-state index contributed by atoms with van der Waals surface area (Å²) >= 11 is 0. The van der Waals surface area contributed by atoms with Crippen molar-refractivity contribution in [3.05, 3.63) is 67.3 Å². The van der Waals surface area contributed by atoms with Crippen molar-refractivity contribution >= 4 is 149 Å². The normalized spacial score (nSPS) is 16.1. The predicted molar refractivity (Wildman–Crippen MR) is 329 cm³/mol. The number of carbonyl (C=O) groups is 1. The monoisotopic (exact) mass is 1860 g/mol. The molecule has 2 aromatic carbocycles. The van der Waals surface area contributed by atoms with Crippen LogP contribution < -0.4 is 0 Å². The van der Waals surface area contributed by atoms with Gasteiger partial charge in [-0.1, -0.05) is 35.1 Å². The molecular formula is C41H56F17NO33S14. The number of alkyl halides is 4. The van der Waals surface area contributed by atoms with Gasteiger partial charge in [0.2, 0.25) is 0 Å². The number of hydrogen-bond acceptors (Lipinski definition) is 34. The standard InChI is InChI=1S/C6H4F2O4S2.C6H5FO2S.C6H7NO2.C5H5F5O3S.C4H7FO4S2.C3H6F2O6S2.C3H6F2O4S2.C3H5FO2S.C3H7FO2S.C2H4F2O4S2/c7-13(9,10)5-1-2-6(4-3-5)14(8,11)12;7-10(8,9)6-4-2-1-3-5-6;1-9-5(8)6(4-7)2-3-6;1-2-3-13-4(6,7)5(8,9)14(10,11)12;1-10(6,7)3-2-4(3)11(5,8)9;4-12(6,7)2-10-1-11-3-13(5,8)9;4-10(6,7)2-1-3-11(5,8)9;4-7(5,6)3-1-2-3;1-2-3-7(4,5)6;3-9(5,6)1-2-10(4,7)8/h1-4H;1-5H;2-3H2,1H3;2H,1,3H2;3-4H,2H2,1H3;1-3H2;1-3H2;3H,1-2H2;2-3H2,1H3;1-2H2. The molecule has 0 aromatic heterocycles. The number of hydrogen-bond donors (Lipinski definition) is 0. The molecule has 0 spiro atoms. The molecule has 2 unspecified atom stereocenters. The molecule has 3 fully saturated rings. The molecule has 0 radical (unpaired) electrons. The van der Waals surface area contributed by atoms with E-state index in [1.54, 1.807) is 13.0 Å². The van der Waals surface area contributed by atoms with Crippen LogP contribution in [0, 0.1) is 16.7 Å². The second-order valence-corrected chi connectivity index (χ2v) is 40.0. The summed E-state index contributed by atoms with van der Waals surface area (Å²) in [5.41, 5.74) is -0.755. The summed E-state index contributed by atoms with van der Waals surface area (Å²) in [5.74, 6) is -7.85. The maximum absolute atomic E-state index is 12.3.